The lowest BCUT2D eigenvalue weighted by molar-refractivity contribution is 0.302. The summed E-state index contributed by atoms with van der Waals surface area (Å²) in [5, 5.41) is 12.1. The lowest BCUT2D eigenvalue weighted by Crippen LogP contribution is -2.17. The van der Waals surface area contributed by atoms with Crippen LogP contribution in [0.2, 0.25) is 0 Å². The molecule has 1 fully saturated rings. The van der Waals surface area contributed by atoms with Gasteiger partial charge in [0.05, 0.1) is 0 Å². The third-order valence-electron chi connectivity index (χ3n) is 3.85. The Morgan fingerprint density at radius 2 is 2.11 bits per heavy atom. The van der Waals surface area contributed by atoms with Gasteiger partial charge in [-0.1, -0.05) is 25.3 Å². The van der Waals surface area contributed by atoms with Crippen LogP contribution in [-0.4, -0.2) is 25.2 Å². The van der Waals surface area contributed by atoms with Crippen molar-refractivity contribution in [1.29, 1.82) is 0 Å². The van der Waals surface area contributed by atoms with Crippen LogP contribution in [0, 0.1) is 5.92 Å². The van der Waals surface area contributed by atoms with Crippen LogP contribution in [0.25, 0.3) is 0 Å². The largest absolute Gasteiger partial charge is 0.264 e. The zero-order valence-electron chi connectivity index (χ0n) is 11.1. The van der Waals surface area contributed by atoms with Gasteiger partial charge in [-0.25, -0.2) is 4.68 Å². The van der Waals surface area contributed by atoms with Crippen LogP contribution in [-0.2, 0) is 13.0 Å². The number of aromatic nitrogens is 5. The lowest BCUT2D eigenvalue weighted by Gasteiger charge is -2.21. The summed E-state index contributed by atoms with van der Waals surface area (Å²) < 4.78 is 1.98. The summed E-state index contributed by atoms with van der Waals surface area (Å²) in [6, 6.07) is 4.01. The van der Waals surface area contributed by atoms with E-state index in [1.54, 1.807) is 6.20 Å². The normalized spacial score (nSPS) is 16.6. The van der Waals surface area contributed by atoms with Crippen LogP contribution in [0.1, 0.15) is 43.5 Å². The number of hydrogen-bond donors (Lipinski definition) is 0. The smallest absolute Gasteiger partial charge is 0.155 e. The standard InChI is InChI=1S/C14H19N5/c1-2-5-12(6-3-1)11-19-14(16-17-18-19)9-13-7-4-8-15-10-13/h4,7-8,10,12H,1-3,5-6,9,11H2. The molecule has 19 heavy (non-hydrogen) atoms. The predicted octanol–water partition coefficient (Wildman–Crippen LogP) is 2.24. The Morgan fingerprint density at radius 1 is 1.21 bits per heavy atom. The molecule has 0 saturated heterocycles. The lowest BCUT2D eigenvalue weighted by atomic mass is 9.89. The first kappa shape index (κ1) is 12.3. The predicted molar refractivity (Wildman–Crippen MR) is 71.4 cm³/mol. The van der Waals surface area contributed by atoms with Crippen molar-refractivity contribution in [1.82, 2.24) is 25.2 Å². The summed E-state index contributed by atoms with van der Waals surface area (Å²) in [7, 11) is 0. The molecule has 1 aliphatic carbocycles. The molecule has 0 spiro atoms. The Morgan fingerprint density at radius 3 is 2.89 bits per heavy atom. The van der Waals surface area contributed by atoms with Crippen molar-refractivity contribution in [3.8, 4) is 0 Å². The topological polar surface area (TPSA) is 56.5 Å². The minimum absolute atomic E-state index is 0.741. The zero-order chi connectivity index (χ0) is 12.9. The van der Waals surface area contributed by atoms with Crippen LogP contribution >= 0.6 is 0 Å². The highest BCUT2D eigenvalue weighted by molar-refractivity contribution is 5.13. The van der Waals surface area contributed by atoms with Crippen LogP contribution in [0.15, 0.2) is 24.5 Å². The van der Waals surface area contributed by atoms with E-state index in [2.05, 4.69) is 26.6 Å². The first-order valence-electron chi connectivity index (χ1n) is 7.06. The number of pyridine rings is 1. The first-order chi connectivity index (χ1) is 9.42. The SMILES string of the molecule is c1cncc(Cc2nnnn2CC2CCCCC2)c1. The highest BCUT2D eigenvalue weighted by Gasteiger charge is 2.16. The molecular formula is C14H19N5. The Labute approximate surface area is 113 Å². The fourth-order valence-electron chi connectivity index (χ4n) is 2.79. The van der Waals surface area contributed by atoms with Gasteiger partial charge in [-0.3, -0.25) is 4.98 Å². The molecule has 1 aliphatic rings. The Bertz CT molecular complexity index is 502. The molecule has 2 aromatic rings. The maximum absolute atomic E-state index is 4.15. The molecule has 0 unspecified atom stereocenters. The van der Waals surface area contributed by atoms with Crippen molar-refractivity contribution in [2.24, 2.45) is 5.92 Å². The van der Waals surface area contributed by atoms with E-state index in [4.69, 9.17) is 0 Å². The van der Waals surface area contributed by atoms with Crippen LogP contribution in [0.3, 0.4) is 0 Å². The minimum Gasteiger partial charge on any atom is -0.264 e. The summed E-state index contributed by atoms with van der Waals surface area (Å²) in [4.78, 5) is 4.13. The van der Waals surface area contributed by atoms with E-state index in [1.807, 2.05) is 16.9 Å². The van der Waals surface area contributed by atoms with Gasteiger partial charge in [0, 0.05) is 25.4 Å². The zero-order valence-corrected chi connectivity index (χ0v) is 11.1. The van der Waals surface area contributed by atoms with E-state index in [-0.39, 0.29) is 0 Å². The number of tetrazole rings is 1. The molecule has 5 nitrogen and oxygen atoms in total. The number of hydrogen-bond acceptors (Lipinski definition) is 4. The van der Waals surface area contributed by atoms with E-state index in [9.17, 15) is 0 Å². The molecule has 0 amide bonds. The molecule has 0 bridgehead atoms. The van der Waals surface area contributed by atoms with Gasteiger partial charge >= 0.3 is 0 Å². The second-order valence-corrected chi connectivity index (χ2v) is 5.32. The molecule has 5 heteroatoms. The minimum atomic E-state index is 0.741. The second-order valence-electron chi connectivity index (χ2n) is 5.32. The third kappa shape index (κ3) is 3.16. The highest BCUT2D eigenvalue weighted by Crippen LogP contribution is 2.25. The van der Waals surface area contributed by atoms with Crippen molar-refractivity contribution >= 4 is 0 Å². The second kappa shape index (κ2) is 5.91. The summed E-state index contributed by atoms with van der Waals surface area (Å²) in [5.41, 5.74) is 1.15. The molecule has 0 N–H and O–H groups in total. The van der Waals surface area contributed by atoms with Crippen molar-refractivity contribution in [3.63, 3.8) is 0 Å². The number of nitrogens with zero attached hydrogens (tertiary/aromatic N) is 5. The molecule has 0 atom stereocenters. The fraction of sp³-hybridized carbons (Fsp3) is 0.571. The van der Waals surface area contributed by atoms with Gasteiger partial charge in [-0.05, 0) is 40.8 Å². The first-order valence-corrected chi connectivity index (χ1v) is 7.06. The van der Waals surface area contributed by atoms with Crippen molar-refractivity contribution in [2.45, 2.75) is 45.1 Å². The molecule has 1 saturated carbocycles. The third-order valence-corrected chi connectivity index (χ3v) is 3.85. The average Bonchev–Trinajstić information content (AvgIpc) is 2.88. The number of rotatable bonds is 4. The maximum Gasteiger partial charge on any atom is 0.155 e. The molecular weight excluding hydrogens is 238 g/mol. The summed E-state index contributed by atoms with van der Waals surface area (Å²) in [6.07, 6.45) is 11.1. The van der Waals surface area contributed by atoms with Gasteiger partial charge in [-0.2, -0.15) is 0 Å². The molecule has 2 aromatic heterocycles. The van der Waals surface area contributed by atoms with Crippen LogP contribution < -0.4 is 0 Å². The summed E-state index contributed by atoms with van der Waals surface area (Å²) in [6.45, 7) is 0.961. The van der Waals surface area contributed by atoms with Gasteiger partial charge < -0.3 is 0 Å². The average molecular weight is 257 g/mol. The molecule has 0 aromatic carbocycles. The summed E-state index contributed by atoms with van der Waals surface area (Å²) in [5.74, 6) is 1.68. The molecule has 100 valence electrons. The van der Waals surface area contributed by atoms with Gasteiger partial charge in [0.25, 0.3) is 0 Å². The highest BCUT2D eigenvalue weighted by atomic mass is 15.5. The van der Waals surface area contributed by atoms with Crippen molar-refractivity contribution in [3.05, 3.63) is 35.9 Å². The quantitative estimate of drug-likeness (QED) is 0.843. The molecule has 0 aliphatic heterocycles. The van der Waals surface area contributed by atoms with Crippen LogP contribution in [0.4, 0.5) is 0 Å². The van der Waals surface area contributed by atoms with Gasteiger partial charge in [-0.15, -0.1) is 5.10 Å². The van der Waals surface area contributed by atoms with E-state index >= 15 is 0 Å². The monoisotopic (exact) mass is 257 g/mol. The van der Waals surface area contributed by atoms with Crippen molar-refractivity contribution in [2.75, 3.05) is 0 Å². The van der Waals surface area contributed by atoms with Gasteiger partial charge in [0.1, 0.15) is 0 Å². The Balaban J connectivity index is 1.68. The van der Waals surface area contributed by atoms with E-state index in [0.29, 0.717) is 0 Å². The van der Waals surface area contributed by atoms with Gasteiger partial charge in [0.15, 0.2) is 5.82 Å². The van der Waals surface area contributed by atoms with Crippen LogP contribution in [0.5, 0.6) is 0 Å². The van der Waals surface area contributed by atoms with Crippen molar-refractivity contribution < 1.29 is 0 Å². The van der Waals surface area contributed by atoms with E-state index < -0.39 is 0 Å². The molecule has 0 radical (unpaired) electrons. The van der Waals surface area contributed by atoms with E-state index in [0.717, 1.165) is 30.3 Å². The molecule has 3 rings (SSSR count). The maximum atomic E-state index is 4.15. The Hall–Kier alpha value is -1.78. The fourth-order valence-corrected chi connectivity index (χ4v) is 2.79. The summed E-state index contributed by atoms with van der Waals surface area (Å²) >= 11 is 0. The molecule has 2 heterocycles. The van der Waals surface area contributed by atoms with Gasteiger partial charge in [0.2, 0.25) is 0 Å². The Kier molecular flexibility index (Phi) is 3.81. The van der Waals surface area contributed by atoms with E-state index in [1.165, 1.54) is 32.1 Å².